The lowest BCUT2D eigenvalue weighted by Crippen LogP contribution is -2.41. The molecule has 0 radical (unpaired) electrons. The number of anilines is 2. The summed E-state index contributed by atoms with van der Waals surface area (Å²) >= 11 is 0. The SMILES string of the molecule is N#Cc1cc([N+](=O)[O-])ccc1NC(=O)C1CCCN(c2ccc(-n3cccn3)nn2)C1. The molecular weight excluding hydrogens is 400 g/mol. The largest absolute Gasteiger partial charge is 0.354 e. The molecule has 1 aliphatic rings. The minimum absolute atomic E-state index is 0.0512. The maximum Gasteiger partial charge on any atom is 0.270 e. The van der Waals surface area contributed by atoms with Gasteiger partial charge in [-0.15, -0.1) is 10.2 Å². The van der Waals surface area contributed by atoms with Crippen molar-refractivity contribution in [3.8, 4) is 11.9 Å². The molecule has 4 rings (SSSR count). The molecule has 0 bridgehead atoms. The van der Waals surface area contributed by atoms with Gasteiger partial charge in [0.25, 0.3) is 5.69 Å². The zero-order valence-electron chi connectivity index (χ0n) is 16.4. The van der Waals surface area contributed by atoms with Gasteiger partial charge in [-0.1, -0.05) is 0 Å². The summed E-state index contributed by atoms with van der Waals surface area (Å²) in [6.07, 6.45) is 4.92. The van der Waals surface area contributed by atoms with E-state index in [2.05, 4.69) is 20.6 Å². The monoisotopic (exact) mass is 418 g/mol. The quantitative estimate of drug-likeness (QED) is 0.491. The number of aromatic nitrogens is 4. The number of nitro benzene ring substituents is 1. The number of carbonyl (C=O) groups is 1. The molecule has 11 heteroatoms. The Morgan fingerprint density at radius 1 is 1.26 bits per heavy atom. The number of nitrogens with zero attached hydrogens (tertiary/aromatic N) is 7. The third-order valence-electron chi connectivity index (χ3n) is 5.08. The number of non-ortho nitro benzene ring substituents is 1. The third-order valence-corrected chi connectivity index (χ3v) is 5.08. The fourth-order valence-electron chi connectivity index (χ4n) is 3.49. The molecule has 1 fully saturated rings. The Labute approximate surface area is 177 Å². The number of rotatable bonds is 5. The Kier molecular flexibility index (Phi) is 5.53. The van der Waals surface area contributed by atoms with E-state index in [0.29, 0.717) is 24.6 Å². The predicted molar refractivity (Wildman–Crippen MR) is 111 cm³/mol. The molecule has 31 heavy (non-hydrogen) atoms. The van der Waals surface area contributed by atoms with Gasteiger partial charge >= 0.3 is 0 Å². The van der Waals surface area contributed by atoms with Crippen LogP contribution in [0.2, 0.25) is 0 Å². The van der Waals surface area contributed by atoms with Crippen molar-refractivity contribution in [2.75, 3.05) is 23.3 Å². The van der Waals surface area contributed by atoms with E-state index in [4.69, 9.17) is 0 Å². The first-order chi connectivity index (χ1) is 15.0. The van der Waals surface area contributed by atoms with E-state index >= 15 is 0 Å². The number of hydrogen-bond acceptors (Lipinski definition) is 8. The number of nitrogens with one attached hydrogen (secondary N) is 1. The zero-order valence-corrected chi connectivity index (χ0v) is 16.4. The Hall–Kier alpha value is -4.33. The second-order valence-electron chi connectivity index (χ2n) is 7.07. The molecule has 3 aromatic rings. The molecule has 1 N–H and O–H groups in total. The highest BCUT2D eigenvalue weighted by atomic mass is 16.6. The minimum Gasteiger partial charge on any atom is -0.354 e. The summed E-state index contributed by atoms with van der Waals surface area (Å²) in [5.41, 5.74) is 0.115. The lowest BCUT2D eigenvalue weighted by atomic mass is 9.97. The van der Waals surface area contributed by atoms with Gasteiger partial charge in [-0.3, -0.25) is 14.9 Å². The van der Waals surface area contributed by atoms with Gasteiger partial charge in [0.2, 0.25) is 5.91 Å². The fourth-order valence-corrected chi connectivity index (χ4v) is 3.49. The summed E-state index contributed by atoms with van der Waals surface area (Å²) in [5, 5.41) is 35.5. The lowest BCUT2D eigenvalue weighted by Gasteiger charge is -2.32. The van der Waals surface area contributed by atoms with Crippen LogP contribution < -0.4 is 10.2 Å². The van der Waals surface area contributed by atoms with Gasteiger partial charge in [0.1, 0.15) is 6.07 Å². The molecule has 2 aromatic heterocycles. The summed E-state index contributed by atoms with van der Waals surface area (Å²) in [7, 11) is 0. The minimum atomic E-state index is -0.579. The maximum absolute atomic E-state index is 12.8. The van der Waals surface area contributed by atoms with Crippen molar-refractivity contribution >= 4 is 23.1 Å². The van der Waals surface area contributed by atoms with Crippen LogP contribution in [0.1, 0.15) is 18.4 Å². The van der Waals surface area contributed by atoms with Crippen LogP contribution in [0, 0.1) is 27.4 Å². The average Bonchev–Trinajstić information content (AvgIpc) is 3.34. The first-order valence-electron chi connectivity index (χ1n) is 9.63. The number of nitriles is 1. The van der Waals surface area contributed by atoms with Gasteiger partial charge in [-0.25, -0.2) is 4.68 Å². The number of amides is 1. The molecule has 0 aliphatic carbocycles. The molecule has 1 amide bonds. The number of benzene rings is 1. The van der Waals surface area contributed by atoms with E-state index in [9.17, 15) is 20.2 Å². The molecule has 1 aromatic carbocycles. The van der Waals surface area contributed by atoms with Gasteiger partial charge in [0.15, 0.2) is 11.6 Å². The normalized spacial score (nSPS) is 15.8. The smallest absolute Gasteiger partial charge is 0.270 e. The van der Waals surface area contributed by atoms with Crippen LogP contribution >= 0.6 is 0 Å². The van der Waals surface area contributed by atoms with Gasteiger partial charge in [0.05, 0.1) is 22.1 Å². The summed E-state index contributed by atoms with van der Waals surface area (Å²) in [6, 6.07) is 11.1. The van der Waals surface area contributed by atoms with Crippen molar-refractivity contribution in [2.45, 2.75) is 12.8 Å². The predicted octanol–water partition coefficient (Wildman–Crippen LogP) is 2.30. The topological polar surface area (TPSA) is 143 Å². The zero-order chi connectivity index (χ0) is 21.8. The van der Waals surface area contributed by atoms with Crippen molar-refractivity contribution in [3.63, 3.8) is 0 Å². The summed E-state index contributed by atoms with van der Waals surface area (Å²) in [6.45, 7) is 1.21. The van der Waals surface area contributed by atoms with Crippen LogP contribution in [0.3, 0.4) is 0 Å². The Balaban J connectivity index is 1.44. The maximum atomic E-state index is 12.8. The van der Waals surface area contributed by atoms with Gasteiger partial charge in [0, 0.05) is 37.6 Å². The summed E-state index contributed by atoms with van der Waals surface area (Å²) < 4.78 is 1.61. The highest BCUT2D eigenvalue weighted by Crippen LogP contribution is 2.25. The Morgan fingerprint density at radius 2 is 2.06 bits per heavy atom. The van der Waals surface area contributed by atoms with E-state index in [1.165, 1.54) is 12.1 Å². The standard InChI is InChI=1S/C20H18N8O3/c21-12-15-11-16(28(30)31)4-5-17(15)23-20(29)14-3-1-9-26(13-14)18-6-7-19(25-24-18)27-10-2-8-22-27/h2,4-8,10-11,14H,1,3,9,13H2,(H,23,29). The molecular formula is C20H18N8O3. The number of hydrogen-bond donors (Lipinski definition) is 1. The van der Waals surface area contributed by atoms with Crippen LogP contribution in [0.15, 0.2) is 48.8 Å². The molecule has 1 aliphatic heterocycles. The van der Waals surface area contributed by atoms with E-state index in [-0.39, 0.29) is 28.8 Å². The first kappa shape index (κ1) is 20.0. The number of carbonyl (C=O) groups excluding carboxylic acids is 1. The fraction of sp³-hybridized carbons (Fsp3) is 0.250. The van der Waals surface area contributed by atoms with Gasteiger partial charge < -0.3 is 10.2 Å². The van der Waals surface area contributed by atoms with Crippen LogP contribution in [0.25, 0.3) is 5.82 Å². The van der Waals surface area contributed by atoms with E-state index in [1.807, 2.05) is 23.1 Å². The highest BCUT2D eigenvalue weighted by Gasteiger charge is 2.27. The number of piperidine rings is 1. The highest BCUT2D eigenvalue weighted by molar-refractivity contribution is 5.94. The second kappa shape index (κ2) is 8.58. The summed E-state index contributed by atoms with van der Waals surface area (Å²) in [5.74, 6) is 0.711. The van der Waals surface area contributed by atoms with E-state index in [1.54, 1.807) is 23.1 Å². The number of nitro groups is 1. The van der Waals surface area contributed by atoms with Gasteiger partial charge in [-0.05, 0) is 37.1 Å². The molecule has 156 valence electrons. The third kappa shape index (κ3) is 4.32. The Morgan fingerprint density at radius 3 is 2.74 bits per heavy atom. The van der Waals surface area contributed by atoms with Crippen molar-refractivity contribution in [3.05, 3.63) is 64.5 Å². The Bertz CT molecular complexity index is 1140. The molecule has 0 spiro atoms. The van der Waals surface area contributed by atoms with Crippen molar-refractivity contribution in [1.82, 2.24) is 20.0 Å². The molecule has 1 atom stereocenters. The van der Waals surface area contributed by atoms with Crippen molar-refractivity contribution < 1.29 is 9.72 Å². The molecule has 1 saturated heterocycles. The molecule has 1 unspecified atom stereocenters. The molecule has 0 saturated carbocycles. The van der Waals surface area contributed by atoms with Crippen LogP contribution in [-0.2, 0) is 4.79 Å². The first-order valence-corrected chi connectivity index (χ1v) is 9.63. The lowest BCUT2D eigenvalue weighted by molar-refractivity contribution is -0.384. The van der Waals surface area contributed by atoms with Crippen LogP contribution in [0.4, 0.5) is 17.2 Å². The van der Waals surface area contributed by atoms with Crippen LogP contribution in [0.5, 0.6) is 0 Å². The van der Waals surface area contributed by atoms with Crippen molar-refractivity contribution in [1.29, 1.82) is 5.26 Å². The second-order valence-corrected chi connectivity index (χ2v) is 7.07. The summed E-state index contributed by atoms with van der Waals surface area (Å²) in [4.78, 5) is 25.1. The van der Waals surface area contributed by atoms with Crippen LogP contribution in [-0.4, -0.2) is 43.9 Å². The van der Waals surface area contributed by atoms with E-state index < -0.39 is 4.92 Å². The molecule has 11 nitrogen and oxygen atoms in total. The van der Waals surface area contributed by atoms with Crippen molar-refractivity contribution in [2.24, 2.45) is 5.92 Å². The van der Waals surface area contributed by atoms with E-state index in [0.717, 1.165) is 19.0 Å². The average molecular weight is 418 g/mol. The van der Waals surface area contributed by atoms with Gasteiger partial charge in [-0.2, -0.15) is 10.4 Å². The molecule has 3 heterocycles.